The molecular formula is C13H25N3O3S. The first-order valence-electron chi connectivity index (χ1n) is 6.98. The monoisotopic (exact) mass is 303 g/mol. The normalized spacial score (nSPS) is 12.2. The van der Waals surface area contributed by atoms with Gasteiger partial charge in [0, 0.05) is 6.54 Å². The summed E-state index contributed by atoms with van der Waals surface area (Å²) in [5, 5.41) is 2.89. The number of hydrogen-bond acceptors (Lipinski definition) is 5. The summed E-state index contributed by atoms with van der Waals surface area (Å²) >= 11 is 0. The molecule has 0 fully saturated rings. The van der Waals surface area contributed by atoms with E-state index >= 15 is 0 Å². The Kier molecular flexibility index (Phi) is 7.22. The molecule has 6 nitrogen and oxygen atoms in total. The Morgan fingerprint density at radius 1 is 1.25 bits per heavy atom. The molecule has 2 N–H and O–H groups in total. The Hall–Kier alpha value is -0.890. The lowest BCUT2D eigenvalue weighted by Crippen LogP contribution is -2.29. The van der Waals surface area contributed by atoms with Crippen LogP contribution in [-0.4, -0.2) is 46.5 Å². The Balaban J connectivity index is 2.44. The quantitative estimate of drug-likeness (QED) is 0.631. The van der Waals surface area contributed by atoms with Crippen LogP contribution in [0.5, 0.6) is 0 Å². The second kappa shape index (κ2) is 8.41. The molecule has 0 saturated heterocycles. The molecule has 0 atom stereocenters. The average Bonchev–Trinajstić information content (AvgIpc) is 2.89. The van der Waals surface area contributed by atoms with E-state index in [4.69, 9.17) is 4.42 Å². The summed E-state index contributed by atoms with van der Waals surface area (Å²) in [4.78, 5) is 2.26. The van der Waals surface area contributed by atoms with Gasteiger partial charge < -0.3 is 14.6 Å². The van der Waals surface area contributed by atoms with Crippen molar-refractivity contribution in [1.82, 2.24) is 14.9 Å². The molecule has 0 aliphatic carbocycles. The van der Waals surface area contributed by atoms with Crippen LogP contribution in [-0.2, 0) is 16.6 Å². The number of hydrogen-bond donors (Lipinski definition) is 2. The minimum absolute atomic E-state index is 0.0226. The van der Waals surface area contributed by atoms with Crippen molar-refractivity contribution in [1.29, 1.82) is 0 Å². The van der Waals surface area contributed by atoms with Gasteiger partial charge in [0.1, 0.15) is 5.76 Å². The van der Waals surface area contributed by atoms with E-state index in [2.05, 4.69) is 28.8 Å². The predicted octanol–water partition coefficient (Wildman–Crippen LogP) is 1.01. The minimum atomic E-state index is -3.53. The summed E-state index contributed by atoms with van der Waals surface area (Å²) in [6, 6.07) is 3.15. The molecule has 0 aromatic carbocycles. The van der Waals surface area contributed by atoms with Gasteiger partial charge in [0.25, 0.3) is 10.0 Å². The highest BCUT2D eigenvalue weighted by Crippen LogP contribution is 2.13. The van der Waals surface area contributed by atoms with Crippen LogP contribution in [0.2, 0.25) is 0 Å². The molecule has 0 aliphatic heterocycles. The number of furan rings is 1. The zero-order chi connectivity index (χ0) is 15.0. The first-order valence-corrected chi connectivity index (χ1v) is 8.47. The Morgan fingerprint density at radius 2 is 1.95 bits per heavy atom. The van der Waals surface area contributed by atoms with E-state index in [9.17, 15) is 8.42 Å². The van der Waals surface area contributed by atoms with E-state index in [0.717, 1.165) is 26.1 Å². The molecule has 1 rings (SSSR count). The topological polar surface area (TPSA) is 74.6 Å². The van der Waals surface area contributed by atoms with E-state index in [-0.39, 0.29) is 5.09 Å². The van der Waals surface area contributed by atoms with Crippen LogP contribution in [0.25, 0.3) is 0 Å². The van der Waals surface area contributed by atoms with E-state index in [1.807, 2.05) is 0 Å². The summed E-state index contributed by atoms with van der Waals surface area (Å²) in [7, 11) is -1.75. The summed E-state index contributed by atoms with van der Waals surface area (Å²) in [6.45, 7) is 7.97. The van der Waals surface area contributed by atoms with Crippen molar-refractivity contribution in [3.63, 3.8) is 0 Å². The first-order chi connectivity index (χ1) is 9.53. The number of nitrogens with zero attached hydrogens (tertiary/aromatic N) is 1. The van der Waals surface area contributed by atoms with Crippen LogP contribution in [0.1, 0.15) is 26.0 Å². The second-order valence-electron chi connectivity index (χ2n) is 4.53. The standard InChI is InChI=1S/C13H25N3O3S/c1-4-16(5-2)10-6-9-15-20(17,18)13-8-7-12(19-13)11-14-3/h7-8,14-15H,4-6,9-11H2,1-3H3. The van der Waals surface area contributed by atoms with Crippen molar-refractivity contribution in [2.75, 3.05) is 33.2 Å². The SMILES string of the molecule is CCN(CC)CCCNS(=O)(=O)c1ccc(CNC)o1. The van der Waals surface area contributed by atoms with Gasteiger partial charge in [0.15, 0.2) is 0 Å². The van der Waals surface area contributed by atoms with Gasteiger partial charge in [0.05, 0.1) is 6.54 Å². The fourth-order valence-corrected chi connectivity index (χ4v) is 2.91. The van der Waals surface area contributed by atoms with Gasteiger partial charge in [-0.2, -0.15) is 0 Å². The molecule has 116 valence electrons. The molecule has 0 spiro atoms. The molecule has 0 unspecified atom stereocenters. The van der Waals surface area contributed by atoms with Crippen LogP contribution < -0.4 is 10.0 Å². The zero-order valence-corrected chi connectivity index (χ0v) is 13.3. The van der Waals surface area contributed by atoms with E-state index < -0.39 is 10.0 Å². The Bertz CT molecular complexity index is 481. The van der Waals surface area contributed by atoms with Gasteiger partial charge in [-0.1, -0.05) is 13.8 Å². The smallest absolute Gasteiger partial charge is 0.273 e. The van der Waals surface area contributed by atoms with Crippen molar-refractivity contribution in [2.45, 2.75) is 31.9 Å². The number of sulfonamides is 1. The second-order valence-corrected chi connectivity index (χ2v) is 6.23. The molecule has 0 bridgehead atoms. The molecule has 7 heteroatoms. The lowest BCUT2D eigenvalue weighted by Gasteiger charge is -2.17. The number of nitrogens with one attached hydrogen (secondary N) is 2. The third-order valence-electron chi connectivity index (χ3n) is 3.09. The van der Waals surface area contributed by atoms with Crippen molar-refractivity contribution >= 4 is 10.0 Å². The molecule has 0 radical (unpaired) electrons. The van der Waals surface area contributed by atoms with E-state index in [1.165, 1.54) is 6.07 Å². The van der Waals surface area contributed by atoms with Gasteiger partial charge >= 0.3 is 0 Å². The number of rotatable bonds is 10. The summed E-state index contributed by atoms with van der Waals surface area (Å²) in [5.74, 6) is 0.607. The molecule has 1 aromatic rings. The van der Waals surface area contributed by atoms with Gasteiger partial charge in [0.2, 0.25) is 5.09 Å². The molecule has 1 aromatic heterocycles. The van der Waals surface area contributed by atoms with E-state index in [0.29, 0.717) is 18.8 Å². The largest absolute Gasteiger partial charge is 0.447 e. The van der Waals surface area contributed by atoms with Crippen molar-refractivity contribution in [2.24, 2.45) is 0 Å². The van der Waals surface area contributed by atoms with Gasteiger partial charge in [-0.15, -0.1) is 0 Å². The summed E-state index contributed by atoms with van der Waals surface area (Å²) in [6.07, 6.45) is 0.783. The third-order valence-corrected chi connectivity index (χ3v) is 4.42. The van der Waals surface area contributed by atoms with Crippen LogP contribution in [0.4, 0.5) is 0 Å². The lowest BCUT2D eigenvalue weighted by atomic mass is 10.4. The molecule has 0 amide bonds. The molecule has 0 aliphatic rings. The van der Waals surface area contributed by atoms with Gasteiger partial charge in [-0.3, -0.25) is 0 Å². The zero-order valence-electron chi connectivity index (χ0n) is 12.5. The van der Waals surface area contributed by atoms with Crippen LogP contribution >= 0.6 is 0 Å². The Morgan fingerprint density at radius 3 is 2.55 bits per heavy atom. The highest BCUT2D eigenvalue weighted by Gasteiger charge is 2.17. The van der Waals surface area contributed by atoms with Crippen LogP contribution in [0, 0.1) is 0 Å². The van der Waals surface area contributed by atoms with Crippen LogP contribution in [0.3, 0.4) is 0 Å². The Labute approximate surface area is 121 Å². The van der Waals surface area contributed by atoms with E-state index in [1.54, 1.807) is 13.1 Å². The average molecular weight is 303 g/mol. The van der Waals surface area contributed by atoms with Gasteiger partial charge in [-0.25, -0.2) is 13.1 Å². The van der Waals surface area contributed by atoms with Crippen LogP contribution in [0.15, 0.2) is 21.6 Å². The first kappa shape index (κ1) is 17.2. The fraction of sp³-hybridized carbons (Fsp3) is 0.692. The van der Waals surface area contributed by atoms with Crippen molar-refractivity contribution in [3.8, 4) is 0 Å². The highest BCUT2D eigenvalue weighted by molar-refractivity contribution is 7.89. The summed E-state index contributed by atoms with van der Waals surface area (Å²) in [5.41, 5.74) is 0. The minimum Gasteiger partial charge on any atom is -0.447 e. The maximum absolute atomic E-state index is 12.0. The fourth-order valence-electron chi connectivity index (χ4n) is 1.89. The van der Waals surface area contributed by atoms with Gasteiger partial charge in [-0.05, 0) is 45.2 Å². The molecule has 20 heavy (non-hydrogen) atoms. The molecule has 0 saturated carbocycles. The highest BCUT2D eigenvalue weighted by atomic mass is 32.2. The van der Waals surface area contributed by atoms with Crippen molar-refractivity contribution < 1.29 is 12.8 Å². The molecule has 1 heterocycles. The van der Waals surface area contributed by atoms with Crippen molar-refractivity contribution in [3.05, 3.63) is 17.9 Å². The summed E-state index contributed by atoms with van der Waals surface area (Å²) < 4.78 is 31.8. The maximum Gasteiger partial charge on any atom is 0.273 e. The third kappa shape index (κ3) is 5.24. The lowest BCUT2D eigenvalue weighted by molar-refractivity contribution is 0.300. The maximum atomic E-state index is 12.0. The predicted molar refractivity (Wildman–Crippen MR) is 79.1 cm³/mol. The molecular weight excluding hydrogens is 278 g/mol.